The first kappa shape index (κ1) is 14.1. The van der Waals surface area contributed by atoms with E-state index in [9.17, 15) is 4.79 Å². The predicted molar refractivity (Wildman–Crippen MR) is 73.0 cm³/mol. The summed E-state index contributed by atoms with van der Waals surface area (Å²) < 4.78 is 0. The minimum atomic E-state index is -0.209. The molecule has 0 bridgehead atoms. The van der Waals surface area contributed by atoms with Crippen molar-refractivity contribution in [1.29, 1.82) is 0 Å². The quantitative estimate of drug-likeness (QED) is 0.761. The van der Waals surface area contributed by atoms with Crippen LogP contribution >= 0.6 is 0 Å². The molecule has 1 aromatic rings. The molecule has 1 aliphatic carbocycles. The van der Waals surface area contributed by atoms with Gasteiger partial charge in [-0.2, -0.15) is 5.10 Å². The van der Waals surface area contributed by atoms with Gasteiger partial charge in [0.15, 0.2) is 0 Å². The minimum Gasteiger partial charge on any atom is -0.394 e. The van der Waals surface area contributed by atoms with Crippen molar-refractivity contribution in [2.24, 2.45) is 0 Å². The van der Waals surface area contributed by atoms with Crippen LogP contribution in [0.4, 0.5) is 0 Å². The zero-order valence-electron chi connectivity index (χ0n) is 11.5. The highest BCUT2D eigenvalue weighted by atomic mass is 16.3. The van der Waals surface area contributed by atoms with Gasteiger partial charge in [0.1, 0.15) is 5.69 Å². The second-order valence-corrected chi connectivity index (χ2v) is 5.30. The van der Waals surface area contributed by atoms with Crippen molar-refractivity contribution in [3.63, 3.8) is 0 Å². The van der Waals surface area contributed by atoms with E-state index in [-0.39, 0.29) is 18.6 Å². The summed E-state index contributed by atoms with van der Waals surface area (Å²) in [6.45, 7) is 1.89. The van der Waals surface area contributed by atoms with Crippen molar-refractivity contribution < 1.29 is 9.90 Å². The average molecular weight is 265 g/mol. The Morgan fingerprint density at radius 2 is 2.26 bits per heavy atom. The lowest BCUT2D eigenvalue weighted by atomic mass is 9.87. The van der Waals surface area contributed by atoms with Crippen molar-refractivity contribution in [3.8, 4) is 0 Å². The maximum Gasteiger partial charge on any atom is 0.272 e. The molecule has 1 aliphatic rings. The lowest BCUT2D eigenvalue weighted by Crippen LogP contribution is -2.37. The maximum atomic E-state index is 12.0. The maximum absolute atomic E-state index is 12.0. The van der Waals surface area contributed by atoms with Gasteiger partial charge in [-0.3, -0.25) is 9.89 Å². The summed E-state index contributed by atoms with van der Waals surface area (Å²) in [5.74, 6) is 0.307. The number of H-pyrrole nitrogens is 1. The molecular formula is C14H23N3O2. The highest BCUT2D eigenvalue weighted by molar-refractivity contribution is 5.92. The number of aliphatic hydroxyl groups is 1. The van der Waals surface area contributed by atoms with Gasteiger partial charge < -0.3 is 10.4 Å². The van der Waals surface area contributed by atoms with E-state index >= 15 is 0 Å². The number of hydrogen-bond acceptors (Lipinski definition) is 3. The third kappa shape index (κ3) is 3.56. The fourth-order valence-electron chi connectivity index (χ4n) is 2.61. The SMILES string of the molecule is CCC(CO)NC(=O)c1cc(C2CCCCC2)[nH]n1. The van der Waals surface area contributed by atoms with E-state index in [2.05, 4.69) is 15.5 Å². The molecule has 5 nitrogen and oxygen atoms in total. The summed E-state index contributed by atoms with van der Waals surface area (Å²) in [5.41, 5.74) is 1.49. The molecular weight excluding hydrogens is 242 g/mol. The number of rotatable bonds is 5. The molecule has 1 atom stereocenters. The summed E-state index contributed by atoms with van der Waals surface area (Å²) >= 11 is 0. The van der Waals surface area contributed by atoms with Gasteiger partial charge in [0.2, 0.25) is 0 Å². The fourth-order valence-corrected chi connectivity index (χ4v) is 2.61. The molecule has 0 saturated heterocycles. The Labute approximate surface area is 113 Å². The minimum absolute atomic E-state index is 0.0395. The molecule has 0 radical (unpaired) electrons. The van der Waals surface area contributed by atoms with Crippen LogP contribution in [0.5, 0.6) is 0 Å². The predicted octanol–water partition coefficient (Wildman–Crippen LogP) is 1.96. The van der Waals surface area contributed by atoms with Crippen LogP contribution in [0.3, 0.4) is 0 Å². The molecule has 1 fully saturated rings. The zero-order valence-corrected chi connectivity index (χ0v) is 11.5. The van der Waals surface area contributed by atoms with Crippen LogP contribution in [0.2, 0.25) is 0 Å². The van der Waals surface area contributed by atoms with Crippen LogP contribution in [0.25, 0.3) is 0 Å². The number of nitrogens with one attached hydrogen (secondary N) is 2. The third-order valence-electron chi connectivity index (χ3n) is 3.92. The number of nitrogens with zero attached hydrogens (tertiary/aromatic N) is 1. The molecule has 19 heavy (non-hydrogen) atoms. The van der Waals surface area contributed by atoms with Crippen LogP contribution in [-0.2, 0) is 0 Å². The zero-order chi connectivity index (χ0) is 13.7. The summed E-state index contributed by atoms with van der Waals surface area (Å²) in [6.07, 6.45) is 6.89. The second kappa shape index (κ2) is 6.70. The Morgan fingerprint density at radius 1 is 1.53 bits per heavy atom. The van der Waals surface area contributed by atoms with Crippen molar-refractivity contribution >= 4 is 5.91 Å². The van der Waals surface area contributed by atoms with E-state index in [1.165, 1.54) is 32.1 Å². The van der Waals surface area contributed by atoms with Crippen molar-refractivity contribution in [2.45, 2.75) is 57.4 Å². The lowest BCUT2D eigenvalue weighted by Gasteiger charge is -2.19. The van der Waals surface area contributed by atoms with E-state index < -0.39 is 0 Å². The van der Waals surface area contributed by atoms with E-state index in [4.69, 9.17) is 5.11 Å². The second-order valence-electron chi connectivity index (χ2n) is 5.30. The molecule has 0 aliphatic heterocycles. The molecule has 1 aromatic heterocycles. The molecule has 1 saturated carbocycles. The van der Waals surface area contributed by atoms with Gasteiger partial charge in [0.25, 0.3) is 5.91 Å². The van der Waals surface area contributed by atoms with Gasteiger partial charge in [-0.15, -0.1) is 0 Å². The molecule has 0 aromatic carbocycles. The van der Waals surface area contributed by atoms with Crippen LogP contribution in [0.15, 0.2) is 6.07 Å². The average Bonchev–Trinajstić information content (AvgIpc) is 2.95. The first-order valence-corrected chi connectivity index (χ1v) is 7.21. The smallest absolute Gasteiger partial charge is 0.272 e. The van der Waals surface area contributed by atoms with Gasteiger partial charge in [-0.25, -0.2) is 0 Å². The van der Waals surface area contributed by atoms with E-state index in [1.54, 1.807) is 0 Å². The van der Waals surface area contributed by atoms with Crippen LogP contribution in [0.1, 0.15) is 67.5 Å². The van der Waals surface area contributed by atoms with Gasteiger partial charge >= 0.3 is 0 Å². The van der Waals surface area contributed by atoms with Crippen molar-refractivity contribution in [1.82, 2.24) is 15.5 Å². The highest BCUT2D eigenvalue weighted by Gasteiger charge is 2.20. The molecule has 5 heteroatoms. The normalized spacial score (nSPS) is 18.2. The van der Waals surface area contributed by atoms with Gasteiger partial charge in [0, 0.05) is 11.6 Å². The lowest BCUT2D eigenvalue weighted by molar-refractivity contribution is 0.0910. The van der Waals surface area contributed by atoms with Crippen molar-refractivity contribution in [3.05, 3.63) is 17.5 Å². The summed E-state index contributed by atoms with van der Waals surface area (Å²) in [6, 6.07) is 1.66. The van der Waals surface area contributed by atoms with Crippen molar-refractivity contribution in [2.75, 3.05) is 6.61 Å². The van der Waals surface area contributed by atoms with E-state index in [1.807, 2.05) is 13.0 Å². The summed E-state index contributed by atoms with van der Waals surface area (Å²) in [4.78, 5) is 12.0. The molecule has 0 spiro atoms. The topological polar surface area (TPSA) is 78.0 Å². The number of aromatic amines is 1. The van der Waals surface area contributed by atoms with E-state index in [0.29, 0.717) is 18.0 Å². The number of aromatic nitrogens is 2. The molecule has 1 amide bonds. The summed E-state index contributed by atoms with van der Waals surface area (Å²) in [5, 5.41) is 19.0. The number of aliphatic hydroxyl groups excluding tert-OH is 1. The fraction of sp³-hybridized carbons (Fsp3) is 0.714. The Bertz CT molecular complexity index is 407. The van der Waals surface area contributed by atoms with Gasteiger partial charge in [-0.1, -0.05) is 26.2 Å². The monoisotopic (exact) mass is 265 g/mol. The Morgan fingerprint density at radius 3 is 2.89 bits per heavy atom. The Kier molecular flexibility index (Phi) is 4.96. The molecule has 1 heterocycles. The Balaban J connectivity index is 1.97. The van der Waals surface area contributed by atoms with Crippen LogP contribution in [0, 0.1) is 0 Å². The highest BCUT2D eigenvalue weighted by Crippen LogP contribution is 2.31. The number of amides is 1. The first-order chi connectivity index (χ1) is 9.24. The van der Waals surface area contributed by atoms with Gasteiger partial charge in [-0.05, 0) is 25.3 Å². The molecule has 3 N–H and O–H groups in total. The number of carbonyl (C=O) groups excluding carboxylic acids is 1. The Hall–Kier alpha value is -1.36. The van der Waals surface area contributed by atoms with Crippen LogP contribution in [-0.4, -0.2) is 33.9 Å². The summed E-state index contributed by atoms with van der Waals surface area (Å²) in [7, 11) is 0. The molecule has 106 valence electrons. The van der Waals surface area contributed by atoms with Gasteiger partial charge in [0.05, 0.1) is 12.6 Å². The first-order valence-electron chi connectivity index (χ1n) is 7.21. The van der Waals surface area contributed by atoms with E-state index in [0.717, 1.165) is 5.69 Å². The van der Waals surface area contributed by atoms with Crippen LogP contribution < -0.4 is 5.32 Å². The molecule has 1 unspecified atom stereocenters. The number of hydrogen-bond donors (Lipinski definition) is 3. The molecule has 2 rings (SSSR count). The third-order valence-corrected chi connectivity index (χ3v) is 3.92. The standard InChI is InChI=1S/C14H23N3O2/c1-2-11(9-18)15-14(19)13-8-12(16-17-13)10-6-4-3-5-7-10/h8,10-11,18H,2-7,9H2,1H3,(H,15,19)(H,16,17). The number of carbonyl (C=O) groups is 1. The largest absolute Gasteiger partial charge is 0.394 e.